The summed E-state index contributed by atoms with van der Waals surface area (Å²) >= 11 is 1.56. The molecule has 0 saturated carbocycles. The maximum Gasteiger partial charge on any atom is 0.196 e. The number of hydrogen-bond acceptors (Lipinski definition) is 6. The molecule has 6 heteroatoms. The standard InChI is InChI=1S/C15H15N3O2S/c1-8-4-5-10(6-12(8)19-3)13-14(20-18-15(13)16)11-7-21-9(2)17-11/h4-7H,1-3H3,(H2,16,18). The summed E-state index contributed by atoms with van der Waals surface area (Å²) in [5.41, 5.74) is 9.43. The molecule has 0 spiro atoms. The lowest BCUT2D eigenvalue weighted by Gasteiger charge is -2.07. The number of nitrogen functional groups attached to an aromatic ring is 1. The molecule has 2 heterocycles. The van der Waals surface area contributed by atoms with Gasteiger partial charge < -0.3 is 15.0 Å². The van der Waals surface area contributed by atoms with Crippen LogP contribution >= 0.6 is 11.3 Å². The van der Waals surface area contributed by atoms with Crippen molar-refractivity contribution >= 4 is 17.2 Å². The van der Waals surface area contributed by atoms with Crippen molar-refractivity contribution in [1.82, 2.24) is 10.1 Å². The number of methoxy groups -OCH3 is 1. The van der Waals surface area contributed by atoms with Crippen molar-refractivity contribution in [2.24, 2.45) is 0 Å². The summed E-state index contributed by atoms with van der Waals surface area (Å²) in [4.78, 5) is 4.44. The van der Waals surface area contributed by atoms with Gasteiger partial charge in [0.05, 0.1) is 17.7 Å². The van der Waals surface area contributed by atoms with Crippen LogP contribution in [0.5, 0.6) is 5.75 Å². The van der Waals surface area contributed by atoms with E-state index >= 15 is 0 Å². The van der Waals surface area contributed by atoms with E-state index < -0.39 is 0 Å². The van der Waals surface area contributed by atoms with E-state index in [9.17, 15) is 0 Å². The fourth-order valence-electron chi connectivity index (χ4n) is 2.20. The molecule has 2 N–H and O–H groups in total. The molecule has 0 bridgehead atoms. The van der Waals surface area contributed by atoms with Crippen molar-refractivity contribution in [1.29, 1.82) is 0 Å². The number of rotatable bonds is 3. The number of ether oxygens (including phenoxy) is 1. The quantitative estimate of drug-likeness (QED) is 0.799. The first-order valence-corrected chi connectivity index (χ1v) is 7.30. The van der Waals surface area contributed by atoms with Gasteiger partial charge >= 0.3 is 0 Å². The fraction of sp³-hybridized carbons (Fsp3) is 0.200. The lowest BCUT2D eigenvalue weighted by molar-refractivity contribution is 0.412. The van der Waals surface area contributed by atoms with Crippen LogP contribution in [-0.2, 0) is 0 Å². The van der Waals surface area contributed by atoms with E-state index in [2.05, 4.69) is 10.1 Å². The first-order valence-electron chi connectivity index (χ1n) is 6.43. The maximum absolute atomic E-state index is 5.98. The van der Waals surface area contributed by atoms with Gasteiger partial charge in [-0.25, -0.2) is 4.98 Å². The third-order valence-electron chi connectivity index (χ3n) is 3.27. The van der Waals surface area contributed by atoms with Crippen LogP contribution in [0.2, 0.25) is 0 Å². The van der Waals surface area contributed by atoms with Gasteiger partial charge in [-0.15, -0.1) is 11.3 Å². The van der Waals surface area contributed by atoms with Crippen LogP contribution < -0.4 is 10.5 Å². The lowest BCUT2D eigenvalue weighted by Crippen LogP contribution is -1.92. The Morgan fingerprint density at radius 1 is 1.29 bits per heavy atom. The zero-order chi connectivity index (χ0) is 15.0. The zero-order valence-electron chi connectivity index (χ0n) is 12.0. The molecule has 0 aliphatic rings. The van der Waals surface area contributed by atoms with E-state index in [4.69, 9.17) is 15.0 Å². The molecule has 2 aromatic heterocycles. The number of anilines is 1. The number of hydrogen-bond donors (Lipinski definition) is 1. The average Bonchev–Trinajstić information content (AvgIpc) is 3.05. The Balaban J connectivity index is 2.17. The van der Waals surface area contributed by atoms with Crippen LogP contribution in [0.25, 0.3) is 22.6 Å². The maximum atomic E-state index is 5.98. The molecule has 3 rings (SSSR count). The van der Waals surface area contributed by atoms with E-state index in [1.165, 1.54) is 0 Å². The van der Waals surface area contributed by atoms with E-state index in [1.807, 2.05) is 37.4 Å². The number of nitrogens with zero attached hydrogens (tertiary/aromatic N) is 2. The van der Waals surface area contributed by atoms with Gasteiger partial charge in [-0.2, -0.15) is 0 Å². The predicted molar refractivity (Wildman–Crippen MR) is 83.5 cm³/mol. The molecule has 0 saturated heterocycles. The van der Waals surface area contributed by atoms with E-state index in [0.717, 1.165) is 33.1 Å². The molecule has 3 aromatic rings. The summed E-state index contributed by atoms with van der Waals surface area (Å²) < 4.78 is 10.7. The second-order valence-corrected chi connectivity index (χ2v) is 5.77. The lowest BCUT2D eigenvalue weighted by atomic mass is 10.0. The molecule has 5 nitrogen and oxygen atoms in total. The van der Waals surface area contributed by atoms with Gasteiger partial charge in [0, 0.05) is 5.38 Å². The molecule has 0 radical (unpaired) electrons. The normalized spacial score (nSPS) is 10.8. The third kappa shape index (κ3) is 2.38. The monoisotopic (exact) mass is 301 g/mol. The van der Waals surface area contributed by atoms with Crippen LogP contribution in [0.15, 0.2) is 28.1 Å². The second kappa shape index (κ2) is 5.21. The molecule has 0 aliphatic carbocycles. The van der Waals surface area contributed by atoms with Crippen molar-refractivity contribution in [3.8, 4) is 28.3 Å². The molecule has 0 unspecified atom stereocenters. The molecule has 108 valence electrons. The van der Waals surface area contributed by atoms with Crippen molar-refractivity contribution in [2.75, 3.05) is 12.8 Å². The highest BCUT2D eigenvalue weighted by molar-refractivity contribution is 7.09. The fourth-order valence-corrected chi connectivity index (χ4v) is 2.79. The second-order valence-electron chi connectivity index (χ2n) is 4.71. The highest BCUT2D eigenvalue weighted by atomic mass is 32.1. The zero-order valence-corrected chi connectivity index (χ0v) is 12.8. The van der Waals surface area contributed by atoms with Gasteiger partial charge in [-0.3, -0.25) is 0 Å². The minimum atomic E-state index is 0.349. The molecule has 0 atom stereocenters. The first kappa shape index (κ1) is 13.6. The van der Waals surface area contributed by atoms with E-state index in [1.54, 1.807) is 18.4 Å². The number of nitrogens with two attached hydrogens (primary N) is 1. The third-order valence-corrected chi connectivity index (χ3v) is 4.04. The van der Waals surface area contributed by atoms with Crippen LogP contribution in [-0.4, -0.2) is 17.3 Å². The van der Waals surface area contributed by atoms with Crippen molar-refractivity contribution in [3.63, 3.8) is 0 Å². The Hall–Kier alpha value is -2.34. The van der Waals surface area contributed by atoms with Gasteiger partial charge in [0.15, 0.2) is 11.6 Å². The smallest absolute Gasteiger partial charge is 0.196 e. The van der Waals surface area contributed by atoms with E-state index in [-0.39, 0.29) is 0 Å². The molecule has 0 fully saturated rings. The summed E-state index contributed by atoms with van der Waals surface area (Å²) in [6.07, 6.45) is 0. The highest BCUT2D eigenvalue weighted by Crippen LogP contribution is 2.38. The summed E-state index contributed by atoms with van der Waals surface area (Å²) in [6, 6.07) is 5.89. The predicted octanol–water partition coefficient (Wildman–Crippen LogP) is 3.67. The summed E-state index contributed by atoms with van der Waals surface area (Å²) in [6.45, 7) is 3.94. The van der Waals surface area contributed by atoms with Gasteiger partial charge in [0.25, 0.3) is 0 Å². The molecule has 1 aromatic carbocycles. The van der Waals surface area contributed by atoms with Crippen molar-refractivity contribution in [2.45, 2.75) is 13.8 Å². The molecular formula is C15H15N3O2S. The van der Waals surface area contributed by atoms with Crippen LogP contribution in [0.4, 0.5) is 5.82 Å². The number of aryl methyl sites for hydroxylation is 2. The van der Waals surface area contributed by atoms with Gasteiger partial charge in [-0.05, 0) is 31.0 Å². The Morgan fingerprint density at radius 3 is 2.76 bits per heavy atom. The Labute approximate surface area is 126 Å². The highest BCUT2D eigenvalue weighted by Gasteiger charge is 2.20. The molecular weight excluding hydrogens is 286 g/mol. The molecule has 21 heavy (non-hydrogen) atoms. The first-order chi connectivity index (χ1) is 10.1. The average molecular weight is 301 g/mol. The van der Waals surface area contributed by atoms with Crippen LogP contribution in [0.1, 0.15) is 10.6 Å². The minimum Gasteiger partial charge on any atom is -0.496 e. The van der Waals surface area contributed by atoms with Crippen LogP contribution in [0, 0.1) is 13.8 Å². The number of aromatic nitrogens is 2. The van der Waals surface area contributed by atoms with Crippen molar-refractivity contribution < 1.29 is 9.26 Å². The number of benzene rings is 1. The van der Waals surface area contributed by atoms with Gasteiger partial charge in [0.2, 0.25) is 0 Å². The molecule has 0 amide bonds. The van der Waals surface area contributed by atoms with E-state index in [0.29, 0.717) is 11.6 Å². The summed E-state index contributed by atoms with van der Waals surface area (Å²) in [5, 5.41) is 6.78. The van der Waals surface area contributed by atoms with Gasteiger partial charge in [0.1, 0.15) is 11.4 Å². The summed E-state index contributed by atoms with van der Waals surface area (Å²) in [5.74, 6) is 1.73. The Morgan fingerprint density at radius 2 is 2.10 bits per heavy atom. The van der Waals surface area contributed by atoms with Crippen molar-refractivity contribution in [3.05, 3.63) is 34.2 Å². The minimum absolute atomic E-state index is 0.349. The SMILES string of the molecule is COc1cc(-c2c(N)noc2-c2csc(C)n2)ccc1C. The Bertz CT molecular complexity index is 792. The topological polar surface area (TPSA) is 74.2 Å². The largest absolute Gasteiger partial charge is 0.496 e. The summed E-state index contributed by atoms with van der Waals surface area (Å²) in [7, 11) is 1.65. The number of thiazole rings is 1. The van der Waals surface area contributed by atoms with Crippen LogP contribution in [0.3, 0.4) is 0 Å². The molecule has 0 aliphatic heterocycles. The Kier molecular flexibility index (Phi) is 3.39. The van der Waals surface area contributed by atoms with Gasteiger partial charge in [-0.1, -0.05) is 17.3 Å².